The van der Waals surface area contributed by atoms with E-state index < -0.39 is 12.1 Å². The number of carbonyl (C=O) groups is 2. The molecule has 1 spiro atoms. The van der Waals surface area contributed by atoms with Crippen LogP contribution in [0.3, 0.4) is 0 Å². The fraction of sp³-hybridized carbons (Fsp3) is 0.500. The maximum Gasteiger partial charge on any atom is 0.490 e. The summed E-state index contributed by atoms with van der Waals surface area (Å²) in [7, 11) is 0. The Kier molecular flexibility index (Phi) is 7.46. The summed E-state index contributed by atoms with van der Waals surface area (Å²) in [4.78, 5) is 33.9. The number of hydrogen-bond donors (Lipinski definition) is 1. The number of nitrogens with zero attached hydrogens (tertiary/aromatic N) is 4. The molecule has 1 amide bonds. The fourth-order valence-corrected chi connectivity index (χ4v) is 3.63. The number of alkyl halides is 3. The lowest BCUT2D eigenvalue weighted by Crippen LogP contribution is -2.58. The first-order valence-corrected chi connectivity index (χ1v) is 9.93. The Bertz CT molecular complexity index is 884. The highest BCUT2D eigenvalue weighted by atomic mass is 19.4. The summed E-state index contributed by atoms with van der Waals surface area (Å²) in [5.41, 5.74) is 0.158. The van der Waals surface area contributed by atoms with E-state index in [1.54, 1.807) is 18.7 Å². The van der Waals surface area contributed by atoms with Crippen LogP contribution >= 0.6 is 0 Å². The van der Waals surface area contributed by atoms with E-state index in [9.17, 15) is 18.0 Å². The largest absolute Gasteiger partial charge is 0.490 e. The second kappa shape index (κ2) is 10.1. The molecule has 2 aliphatic rings. The highest BCUT2D eigenvalue weighted by Gasteiger charge is 2.41. The zero-order valence-electron chi connectivity index (χ0n) is 17.1. The Morgan fingerprint density at radius 2 is 1.91 bits per heavy atom. The topological polar surface area (TPSA) is 109 Å². The second-order valence-corrected chi connectivity index (χ2v) is 7.51. The first-order valence-electron chi connectivity index (χ1n) is 9.93. The van der Waals surface area contributed by atoms with Gasteiger partial charge in [0.15, 0.2) is 0 Å². The van der Waals surface area contributed by atoms with Gasteiger partial charge in [-0.2, -0.15) is 13.2 Å². The van der Waals surface area contributed by atoms with Gasteiger partial charge in [0.25, 0.3) is 5.91 Å². The molecule has 0 aromatic carbocycles. The van der Waals surface area contributed by atoms with Crippen molar-refractivity contribution in [3.05, 3.63) is 48.4 Å². The summed E-state index contributed by atoms with van der Waals surface area (Å²) in [5.74, 6) is -1.83. The number of rotatable bonds is 3. The maximum atomic E-state index is 12.6. The van der Waals surface area contributed by atoms with Crippen LogP contribution in [-0.2, 0) is 16.1 Å². The van der Waals surface area contributed by atoms with Gasteiger partial charge in [-0.3, -0.25) is 14.7 Å². The predicted molar refractivity (Wildman–Crippen MR) is 104 cm³/mol. The van der Waals surface area contributed by atoms with Crippen molar-refractivity contribution in [2.24, 2.45) is 0 Å². The van der Waals surface area contributed by atoms with Gasteiger partial charge in [-0.15, -0.1) is 0 Å². The Morgan fingerprint density at radius 3 is 2.47 bits per heavy atom. The zero-order valence-corrected chi connectivity index (χ0v) is 17.1. The van der Waals surface area contributed by atoms with Crippen molar-refractivity contribution in [1.82, 2.24) is 19.8 Å². The highest BCUT2D eigenvalue weighted by molar-refractivity contribution is 5.92. The quantitative estimate of drug-likeness (QED) is 0.749. The van der Waals surface area contributed by atoms with E-state index in [-0.39, 0.29) is 11.5 Å². The summed E-state index contributed by atoms with van der Waals surface area (Å²) in [6, 6.07) is 3.92. The third kappa shape index (κ3) is 6.26. The Labute approximate surface area is 181 Å². The molecule has 0 atom stereocenters. The third-order valence-corrected chi connectivity index (χ3v) is 5.29. The van der Waals surface area contributed by atoms with Crippen molar-refractivity contribution in [1.29, 1.82) is 0 Å². The van der Waals surface area contributed by atoms with Gasteiger partial charge >= 0.3 is 12.1 Å². The average molecular weight is 456 g/mol. The number of carboxylic acids is 1. The summed E-state index contributed by atoms with van der Waals surface area (Å²) in [6.07, 6.45) is 3.11. The van der Waals surface area contributed by atoms with E-state index in [2.05, 4.69) is 14.9 Å². The van der Waals surface area contributed by atoms with Crippen LogP contribution < -0.4 is 0 Å². The van der Waals surface area contributed by atoms with Gasteiger partial charge in [0.05, 0.1) is 37.8 Å². The zero-order chi connectivity index (χ0) is 23.2. The summed E-state index contributed by atoms with van der Waals surface area (Å²) in [6.45, 7) is 4.50. The number of likely N-dealkylation sites (tertiary alicyclic amines) is 1. The molecular weight excluding hydrogens is 433 g/mol. The molecule has 174 valence electrons. The van der Waals surface area contributed by atoms with Gasteiger partial charge in [-0.1, -0.05) is 0 Å². The van der Waals surface area contributed by atoms with Crippen molar-refractivity contribution in [2.45, 2.75) is 31.2 Å². The number of furan rings is 1. The summed E-state index contributed by atoms with van der Waals surface area (Å²) in [5, 5.41) is 7.12. The lowest BCUT2D eigenvalue weighted by Gasteiger charge is -2.47. The van der Waals surface area contributed by atoms with Crippen LogP contribution in [0.4, 0.5) is 13.2 Å². The fourth-order valence-electron chi connectivity index (χ4n) is 3.63. The number of ether oxygens (including phenoxy) is 1. The Hall–Kier alpha value is -2.99. The third-order valence-electron chi connectivity index (χ3n) is 5.29. The van der Waals surface area contributed by atoms with Crippen LogP contribution in [0.25, 0.3) is 0 Å². The average Bonchev–Trinajstić information content (AvgIpc) is 3.29. The number of piperidine rings is 1. The molecule has 2 aromatic rings. The van der Waals surface area contributed by atoms with E-state index in [0.717, 1.165) is 38.2 Å². The maximum absolute atomic E-state index is 12.6. The summed E-state index contributed by atoms with van der Waals surface area (Å²) < 4.78 is 43.3. The van der Waals surface area contributed by atoms with Gasteiger partial charge < -0.3 is 19.2 Å². The normalized spacial score (nSPS) is 18.7. The SMILES string of the molecule is O=C(O)C(F)(F)F.O=C(c1cnccn1)N1CCOC2(CCN(Cc3ccco3)CC2)C1. The van der Waals surface area contributed by atoms with Crippen molar-refractivity contribution in [3.8, 4) is 0 Å². The lowest BCUT2D eigenvalue weighted by atomic mass is 9.89. The minimum atomic E-state index is -5.08. The number of aliphatic carboxylic acids is 1. The van der Waals surface area contributed by atoms with E-state index in [0.29, 0.717) is 25.4 Å². The molecule has 0 bridgehead atoms. The first-order chi connectivity index (χ1) is 15.2. The molecule has 4 heterocycles. The van der Waals surface area contributed by atoms with Crippen molar-refractivity contribution in [3.63, 3.8) is 0 Å². The van der Waals surface area contributed by atoms with Crippen LogP contribution in [0, 0.1) is 0 Å². The molecule has 0 radical (unpaired) electrons. The van der Waals surface area contributed by atoms with Gasteiger partial charge in [-0.05, 0) is 25.0 Å². The molecule has 2 aromatic heterocycles. The molecule has 0 unspecified atom stereocenters. The first kappa shape index (κ1) is 23.7. The van der Waals surface area contributed by atoms with Crippen LogP contribution in [0.5, 0.6) is 0 Å². The van der Waals surface area contributed by atoms with Gasteiger partial charge in [0.2, 0.25) is 0 Å². The molecule has 0 aliphatic carbocycles. The molecule has 32 heavy (non-hydrogen) atoms. The van der Waals surface area contributed by atoms with E-state index in [4.69, 9.17) is 19.1 Å². The molecule has 2 fully saturated rings. The minimum Gasteiger partial charge on any atom is -0.475 e. The highest BCUT2D eigenvalue weighted by Crippen LogP contribution is 2.31. The van der Waals surface area contributed by atoms with E-state index >= 15 is 0 Å². The van der Waals surface area contributed by atoms with Crippen molar-refractivity contribution >= 4 is 11.9 Å². The molecule has 1 N–H and O–H groups in total. The van der Waals surface area contributed by atoms with Crippen LogP contribution in [0.1, 0.15) is 29.1 Å². The number of morpholine rings is 1. The number of aromatic nitrogens is 2. The molecular formula is C20H23F3N4O5. The molecule has 2 aliphatic heterocycles. The molecule has 12 heteroatoms. The van der Waals surface area contributed by atoms with E-state index in [1.807, 2.05) is 17.0 Å². The number of amides is 1. The summed E-state index contributed by atoms with van der Waals surface area (Å²) >= 11 is 0. The lowest BCUT2D eigenvalue weighted by molar-refractivity contribution is -0.192. The minimum absolute atomic E-state index is 0.0613. The Morgan fingerprint density at radius 1 is 1.19 bits per heavy atom. The molecule has 4 rings (SSSR count). The van der Waals surface area contributed by atoms with Gasteiger partial charge in [-0.25, -0.2) is 9.78 Å². The number of hydrogen-bond acceptors (Lipinski definition) is 7. The molecule has 0 saturated carbocycles. The number of carbonyl (C=O) groups excluding carboxylic acids is 1. The van der Waals surface area contributed by atoms with Gasteiger partial charge in [0, 0.05) is 32.0 Å². The standard InChI is InChI=1S/C18H22N4O3.C2HF3O2/c23-17(16-12-19-5-6-20-16)22-9-11-25-18(14-22)3-7-21(8-4-18)13-15-2-1-10-24-15;3-2(4,5)1(6)7/h1-2,5-6,10,12H,3-4,7-9,11,13-14H2;(H,6,7). The van der Waals surface area contributed by atoms with Crippen LogP contribution in [-0.4, -0.2) is 81.3 Å². The molecule has 9 nitrogen and oxygen atoms in total. The number of carboxylic acid groups (broad SMARTS) is 1. The number of halogens is 3. The Balaban J connectivity index is 0.000000360. The van der Waals surface area contributed by atoms with Crippen LogP contribution in [0.15, 0.2) is 41.4 Å². The van der Waals surface area contributed by atoms with Crippen molar-refractivity contribution < 1.29 is 37.0 Å². The van der Waals surface area contributed by atoms with E-state index in [1.165, 1.54) is 6.20 Å². The van der Waals surface area contributed by atoms with Crippen molar-refractivity contribution in [2.75, 3.05) is 32.8 Å². The monoisotopic (exact) mass is 456 g/mol. The smallest absolute Gasteiger partial charge is 0.475 e. The van der Waals surface area contributed by atoms with Gasteiger partial charge in [0.1, 0.15) is 11.5 Å². The second-order valence-electron chi connectivity index (χ2n) is 7.51. The molecule has 2 saturated heterocycles. The van der Waals surface area contributed by atoms with Crippen LogP contribution in [0.2, 0.25) is 0 Å². The predicted octanol–water partition coefficient (Wildman–Crippen LogP) is 2.21.